The van der Waals surface area contributed by atoms with E-state index < -0.39 is 6.04 Å². The molecule has 1 rings (SSSR count). The summed E-state index contributed by atoms with van der Waals surface area (Å²) in [6.07, 6.45) is 1.19. The molecule has 22 heavy (non-hydrogen) atoms. The highest BCUT2D eigenvalue weighted by Gasteiger charge is 2.38. The van der Waals surface area contributed by atoms with Crippen LogP contribution in [0.2, 0.25) is 0 Å². The summed E-state index contributed by atoms with van der Waals surface area (Å²) in [5.74, 6) is -0.544. The normalized spacial score (nSPS) is 18.0. The Balaban J connectivity index is 2.67. The summed E-state index contributed by atoms with van der Waals surface area (Å²) in [5, 5.41) is 0. The van der Waals surface area contributed by atoms with Gasteiger partial charge in [0.15, 0.2) is 0 Å². The molecular weight excluding hydrogens is 284 g/mol. The summed E-state index contributed by atoms with van der Waals surface area (Å²) >= 11 is 0. The number of carbonyl (C=O) groups excluding carboxylic acids is 3. The Bertz CT molecular complexity index is 450. The quantitative estimate of drug-likeness (QED) is 0.600. The minimum Gasteiger partial charge on any atom is -0.330 e. The Hall–Kier alpha value is -1.89. The van der Waals surface area contributed by atoms with E-state index in [2.05, 4.69) is 6.58 Å². The molecule has 124 valence electrons. The van der Waals surface area contributed by atoms with Gasteiger partial charge < -0.3 is 19.6 Å². The van der Waals surface area contributed by atoms with Crippen LogP contribution in [0.15, 0.2) is 12.7 Å². The van der Waals surface area contributed by atoms with Gasteiger partial charge in [-0.05, 0) is 34.0 Å². The van der Waals surface area contributed by atoms with Crippen molar-refractivity contribution < 1.29 is 14.4 Å². The van der Waals surface area contributed by atoms with E-state index >= 15 is 0 Å². The Morgan fingerprint density at radius 1 is 1.41 bits per heavy atom. The van der Waals surface area contributed by atoms with E-state index in [9.17, 15) is 14.4 Å². The molecule has 1 atom stereocenters. The molecule has 1 heterocycles. The smallest absolute Gasteiger partial charge is 0.246 e. The van der Waals surface area contributed by atoms with Gasteiger partial charge in [-0.25, -0.2) is 0 Å². The summed E-state index contributed by atoms with van der Waals surface area (Å²) in [6, 6.07) is -0.479. The largest absolute Gasteiger partial charge is 0.330 e. The van der Waals surface area contributed by atoms with Gasteiger partial charge in [-0.2, -0.15) is 0 Å². The zero-order chi connectivity index (χ0) is 16.9. The molecule has 7 heteroatoms. The van der Waals surface area contributed by atoms with Crippen LogP contribution >= 0.6 is 0 Å². The molecule has 0 bridgehead atoms. The second-order valence-corrected chi connectivity index (χ2v) is 5.64. The standard InChI is InChI=1S/C15H26N4O3/c1-6-13(20)17(7-2)10-14(21)19-11-18(9-8-16(4)5)15(22)12(19)3/h6,12H,1,7-11H2,2-5H3. The molecule has 7 nitrogen and oxygen atoms in total. The Kier molecular flexibility index (Phi) is 6.55. The first kappa shape index (κ1) is 18.2. The van der Waals surface area contributed by atoms with Gasteiger partial charge in [-0.15, -0.1) is 0 Å². The summed E-state index contributed by atoms with van der Waals surface area (Å²) in [6.45, 7) is 8.97. The third kappa shape index (κ3) is 4.30. The lowest BCUT2D eigenvalue weighted by molar-refractivity contribution is -0.139. The number of rotatable bonds is 7. The Labute approximate surface area is 132 Å². The van der Waals surface area contributed by atoms with Gasteiger partial charge >= 0.3 is 0 Å². The average molecular weight is 310 g/mol. The highest BCUT2D eigenvalue weighted by molar-refractivity contribution is 5.94. The van der Waals surface area contributed by atoms with Crippen LogP contribution in [-0.2, 0) is 14.4 Å². The second kappa shape index (κ2) is 7.93. The van der Waals surface area contributed by atoms with Crippen LogP contribution < -0.4 is 0 Å². The van der Waals surface area contributed by atoms with Gasteiger partial charge in [0.25, 0.3) is 0 Å². The van der Waals surface area contributed by atoms with Crippen molar-refractivity contribution in [3.63, 3.8) is 0 Å². The molecule has 1 saturated heterocycles. The zero-order valence-electron chi connectivity index (χ0n) is 13.9. The third-order valence-corrected chi connectivity index (χ3v) is 3.79. The lowest BCUT2D eigenvalue weighted by Gasteiger charge is -2.24. The maximum absolute atomic E-state index is 12.4. The predicted octanol–water partition coefficient (Wildman–Crippen LogP) is -0.401. The summed E-state index contributed by atoms with van der Waals surface area (Å²) < 4.78 is 0. The molecule has 1 aliphatic heterocycles. The van der Waals surface area contributed by atoms with E-state index in [0.29, 0.717) is 13.1 Å². The lowest BCUT2D eigenvalue weighted by atomic mass is 10.3. The third-order valence-electron chi connectivity index (χ3n) is 3.79. The van der Waals surface area contributed by atoms with Crippen molar-refractivity contribution in [2.45, 2.75) is 19.9 Å². The molecule has 1 unspecified atom stereocenters. The molecular formula is C15H26N4O3. The minimum atomic E-state index is -0.479. The highest BCUT2D eigenvalue weighted by atomic mass is 16.2. The second-order valence-electron chi connectivity index (χ2n) is 5.64. The fourth-order valence-corrected chi connectivity index (χ4v) is 2.30. The zero-order valence-corrected chi connectivity index (χ0v) is 13.9. The molecule has 3 amide bonds. The number of hydrogen-bond donors (Lipinski definition) is 0. The number of likely N-dealkylation sites (N-methyl/N-ethyl adjacent to an activating group) is 2. The van der Waals surface area contributed by atoms with Crippen LogP contribution in [0.25, 0.3) is 0 Å². The first-order valence-electron chi connectivity index (χ1n) is 7.46. The van der Waals surface area contributed by atoms with Crippen molar-refractivity contribution in [1.82, 2.24) is 19.6 Å². The molecule has 0 saturated carbocycles. The average Bonchev–Trinajstić information content (AvgIpc) is 2.77. The molecule has 0 N–H and O–H groups in total. The van der Waals surface area contributed by atoms with Gasteiger partial charge in [0.1, 0.15) is 12.6 Å². The van der Waals surface area contributed by atoms with Crippen LogP contribution in [0.3, 0.4) is 0 Å². The van der Waals surface area contributed by atoms with E-state index in [1.165, 1.54) is 15.9 Å². The van der Waals surface area contributed by atoms with Crippen molar-refractivity contribution >= 4 is 17.7 Å². The molecule has 0 spiro atoms. The summed E-state index contributed by atoms with van der Waals surface area (Å²) in [4.78, 5) is 42.8. The van der Waals surface area contributed by atoms with Gasteiger partial charge in [-0.1, -0.05) is 6.58 Å². The van der Waals surface area contributed by atoms with Crippen molar-refractivity contribution in [1.29, 1.82) is 0 Å². The van der Waals surface area contributed by atoms with Gasteiger partial charge in [-0.3, -0.25) is 14.4 Å². The fourth-order valence-electron chi connectivity index (χ4n) is 2.30. The molecule has 0 aliphatic carbocycles. The number of nitrogens with zero attached hydrogens (tertiary/aromatic N) is 4. The first-order valence-corrected chi connectivity index (χ1v) is 7.46. The first-order chi connectivity index (χ1) is 10.3. The molecule has 0 aromatic carbocycles. The number of amides is 3. The number of carbonyl (C=O) groups is 3. The van der Waals surface area contributed by atoms with Crippen molar-refractivity contribution in [2.75, 3.05) is 46.9 Å². The van der Waals surface area contributed by atoms with Crippen LogP contribution in [0.5, 0.6) is 0 Å². The maximum Gasteiger partial charge on any atom is 0.246 e. The van der Waals surface area contributed by atoms with Crippen LogP contribution in [0, 0.1) is 0 Å². The monoisotopic (exact) mass is 310 g/mol. The fraction of sp³-hybridized carbons (Fsp3) is 0.667. The molecule has 0 radical (unpaired) electrons. The SMILES string of the molecule is C=CC(=O)N(CC)CC(=O)N1CN(CCN(C)C)C(=O)C1C. The molecule has 0 aromatic heterocycles. The predicted molar refractivity (Wildman–Crippen MR) is 83.9 cm³/mol. The van der Waals surface area contributed by atoms with Crippen molar-refractivity contribution in [3.05, 3.63) is 12.7 Å². The van der Waals surface area contributed by atoms with Crippen molar-refractivity contribution in [3.8, 4) is 0 Å². The van der Waals surface area contributed by atoms with E-state index in [0.717, 1.165) is 6.54 Å². The van der Waals surface area contributed by atoms with Gasteiger partial charge in [0.05, 0.1) is 6.67 Å². The molecule has 0 aromatic rings. The van der Waals surface area contributed by atoms with E-state index in [1.807, 2.05) is 19.0 Å². The van der Waals surface area contributed by atoms with E-state index in [1.54, 1.807) is 18.7 Å². The highest BCUT2D eigenvalue weighted by Crippen LogP contribution is 2.15. The number of hydrogen-bond acceptors (Lipinski definition) is 4. The van der Waals surface area contributed by atoms with Crippen LogP contribution in [0.4, 0.5) is 0 Å². The van der Waals surface area contributed by atoms with Crippen LogP contribution in [0.1, 0.15) is 13.8 Å². The minimum absolute atomic E-state index is 0.0273. The van der Waals surface area contributed by atoms with Gasteiger partial charge in [0, 0.05) is 19.6 Å². The Morgan fingerprint density at radius 3 is 2.55 bits per heavy atom. The van der Waals surface area contributed by atoms with E-state index in [4.69, 9.17) is 0 Å². The lowest BCUT2D eigenvalue weighted by Crippen LogP contribution is -2.44. The maximum atomic E-state index is 12.4. The topological polar surface area (TPSA) is 64.2 Å². The van der Waals surface area contributed by atoms with Crippen LogP contribution in [-0.4, -0.2) is 90.3 Å². The molecule has 1 fully saturated rings. The Morgan fingerprint density at radius 2 is 2.05 bits per heavy atom. The van der Waals surface area contributed by atoms with E-state index in [-0.39, 0.29) is 30.9 Å². The summed E-state index contributed by atoms with van der Waals surface area (Å²) in [5.41, 5.74) is 0. The van der Waals surface area contributed by atoms with Gasteiger partial charge in [0.2, 0.25) is 17.7 Å². The molecule has 1 aliphatic rings. The summed E-state index contributed by atoms with van der Waals surface area (Å²) in [7, 11) is 3.87. The van der Waals surface area contributed by atoms with Crippen molar-refractivity contribution in [2.24, 2.45) is 0 Å².